The number of benzene rings is 3. The largest absolute Gasteiger partial charge is 0.502 e. The third-order valence-electron chi connectivity index (χ3n) is 4.26. The van der Waals surface area contributed by atoms with Gasteiger partial charge in [0.05, 0.1) is 24.3 Å². The molecule has 0 bridgehead atoms. The standard InChI is InChI=1S/C22H19N3O6/c1-30-19-11-17(21(26)20(12-19)25(28)29)13-23-24-22(27)16-7-9-18(10-8-16)31-14-15-5-3-2-4-6-15/h2-13,26H,14H2,1H3,(H,24,27). The van der Waals surface area contributed by atoms with Gasteiger partial charge in [-0.2, -0.15) is 5.10 Å². The zero-order valence-electron chi connectivity index (χ0n) is 16.5. The van der Waals surface area contributed by atoms with Crippen LogP contribution < -0.4 is 14.9 Å². The van der Waals surface area contributed by atoms with E-state index in [0.29, 0.717) is 17.9 Å². The van der Waals surface area contributed by atoms with Gasteiger partial charge in [0.2, 0.25) is 5.75 Å². The van der Waals surface area contributed by atoms with Crippen molar-refractivity contribution < 1.29 is 24.3 Å². The Morgan fingerprint density at radius 3 is 2.48 bits per heavy atom. The van der Waals surface area contributed by atoms with Crippen molar-refractivity contribution >= 4 is 17.8 Å². The van der Waals surface area contributed by atoms with Crippen molar-refractivity contribution in [3.8, 4) is 17.2 Å². The number of nitrogens with zero attached hydrogens (tertiary/aromatic N) is 2. The molecule has 0 aliphatic rings. The zero-order chi connectivity index (χ0) is 22.2. The minimum absolute atomic E-state index is 0.0241. The fourth-order valence-corrected chi connectivity index (χ4v) is 2.64. The van der Waals surface area contributed by atoms with Crippen LogP contribution in [0.3, 0.4) is 0 Å². The Balaban J connectivity index is 1.62. The van der Waals surface area contributed by atoms with Crippen LogP contribution in [0, 0.1) is 10.1 Å². The molecule has 0 spiro atoms. The van der Waals surface area contributed by atoms with Gasteiger partial charge in [0.25, 0.3) is 5.91 Å². The summed E-state index contributed by atoms with van der Waals surface area (Å²) in [6.07, 6.45) is 1.10. The first-order chi connectivity index (χ1) is 15.0. The van der Waals surface area contributed by atoms with Crippen molar-refractivity contribution in [3.63, 3.8) is 0 Å². The van der Waals surface area contributed by atoms with E-state index in [9.17, 15) is 20.0 Å². The van der Waals surface area contributed by atoms with E-state index in [-0.39, 0.29) is 11.3 Å². The van der Waals surface area contributed by atoms with Gasteiger partial charge in [-0.25, -0.2) is 5.43 Å². The molecule has 3 aromatic carbocycles. The van der Waals surface area contributed by atoms with Crippen LogP contribution in [0.15, 0.2) is 71.8 Å². The summed E-state index contributed by atoms with van der Waals surface area (Å²) in [6, 6.07) is 18.6. The highest BCUT2D eigenvalue weighted by molar-refractivity contribution is 5.95. The van der Waals surface area contributed by atoms with Gasteiger partial charge in [0.1, 0.15) is 18.1 Å². The summed E-state index contributed by atoms with van der Waals surface area (Å²) in [7, 11) is 1.34. The zero-order valence-corrected chi connectivity index (χ0v) is 16.5. The van der Waals surface area contributed by atoms with Crippen LogP contribution in [0.5, 0.6) is 17.2 Å². The molecule has 3 aromatic rings. The first kappa shape index (κ1) is 21.3. The smallest absolute Gasteiger partial charge is 0.315 e. The predicted molar refractivity (Wildman–Crippen MR) is 114 cm³/mol. The van der Waals surface area contributed by atoms with Gasteiger partial charge in [-0.3, -0.25) is 14.9 Å². The molecule has 0 saturated carbocycles. The van der Waals surface area contributed by atoms with Crippen molar-refractivity contribution in [1.29, 1.82) is 0 Å². The molecular formula is C22H19N3O6. The number of rotatable bonds is 8. The molecule has 0 aromatic heterocycles. The third-order valence-corrected chi connectivity index (χ3v) is 4.26. The van der Waals surface area contributed by atoms with E-state index in [1.165, 1.54) is 13.2 Å². The van der Waals surface area contributed by atoms with Crippen molar-refractivity contribution in [1.82, 2.24) is 5.43 Å². The maximum Gasteiger partial charge on any atom is 0.315 e. The van der Waals surface area contributed by atoms with Gasteiger partial charge < -0.3 is 14.6 Å². The second-order valence-corrected chi connectivity index (χ2v) is 6.34. The van der Waals surface area contributed by atoms with E-state index in [1.807, 2.05) is 30.3 Å². The molecule has 31 heavy (non-hydrogen) atoms. The lowest BCUT2D eigenvalue weighted by Gasteiger charge is -2.07. The number of phenols is 1. The second-order valence-electron chi connectivity index (χ2n) is 6.34. The number of amides is 1. The number of nitro groups is 1. The maximum atomic E-state index is 12.2. The predicted octanol–water partition coefficient (Wildman–Crippen LogP) is 3.65. The van der Waals surface area contributed by atoms with Gasteiger partial charge >= 0.3 is 5.69 Å². The van der Waals surface area contributed by atoms with Crippen LogP contribution in [0.25, 0.3) is 0 Å². The summed E-state index contributed by atoms with van der Waals surface area (Å²) in [5.41, 5.74) is 3.17. The molecule has 0 atom stereocenters. The van der Waals surface area contributed by atoms with Crippen LogP contribution in [0.2, 0.25) is 0 Å². The number of carbonyl (C=O) groups is 1. The summed E-state index contributed by atoms with van der Waals surface area (Å²) in [4.78, 5) is 22.5. The average molecular weight is 421 g/mol. The average Bonchev–Trinajstić information content (AvgIpc) is 2.79. The maximum absolute atomic E-state index is 12.2. The van der Waals surface area contributed by atoms with Crippen molar-refractivity contribution in [2.24, 2.45) is 5.10 Å². The number of phenolic OH excluding ortho intramolecular Hbond substituents is 1. The molecule has 0 aliphatic heterocycles. The molecule has 0 heterocycles. The van der Waals surface area contributed by atoms with Gasteiger partial charge in [-0.1, -0.05) is 30.3 Å². The lowest BCUT2D eigenvalue weighted by molar-refractivity contribution is -0.385. The number of aromatic hydroxyl groups is 1. The first-order valence-electron chi connectivity index (χ1n) is 9.13. The Hall–Kier alpha value is -4.40. The molecule has 0 fully saturated rings. The number of nitrogens with one attached hydrogen (secondary N) is 1. The van der Waals surface area contributed by atoms with Gasteiger partial charge in [-0.15, -0.1) is 0 Å². The first-order valence-corrected chi connectivity index (χ1v) is 9.13. The molecule has 9 heteroatoms. The lowest BCUT2D eigenvalue weighted by atomic mass is 10.1. The summed E-state index contributed by atoms with van der Waals surface area (Å²) >= 11 is 0. The number of hydrogen-bond acceptors (Lipinski definition) is 7. The van der Waals surface area contributed by atoms with E-state index in [4.69, 9.17) is 9.47 Å². The minimum atomic E-state index is -0.741. The van der Waals surface area contributed by atoms with E-state index in [0.717, 1.165) is 17.8 Å². The quantitative estimate of drug-likeness (QED) is 0.325. The monoisotopic (exact) mass is 421 g/mol. The normalized spacial score (nSPS) is 10.6. The summed E-state index contributed by atoms with van der Waals surface area (Å²) in [5.74, 6) is -0.299. The number of nitro benzene ring substituents is 1. The fourth-order valence-electron chi connectivity index (χ4n) is 2.64. The molecule has 0 saturated heterocycles. The minimum Gasteiger partial charge on any atom is -0.502 e. The summed E-state index contributed by atoms with van der Waals surface area (Å²) in [6.45, 7) is 0.410. The fraction of sp³-hybridized carbons (Fsp3) is 0.0909. The van der Waals surface area contributed by atoms with E-state index in [2.05, 4.69) is 10.5 Å². The topological polar surface area (TPSA) is 123 Å². The number of methoxy groups -OCH3 is 1. The molecule has 0 radical (unpaired) electrons. The molecule has 1 amide bonds. The number of carbonyl (C=O) groups excluding carboxylic acids is 1. The Bertz CT molecular complexity index is 1100. The molecule has 0 aliphatic carbocycles. The van der Waals surface area contributed by atoms with Crippen LogP contribution in [-0.4, -0.2) is 29.3 Å². The molecule has 3 rings (SSSR count). The molecule has 9 nitrogen and oxygen atoms in total. The van der Waals surface area contributed by atoms with Crippen LogP contribution >= 0.6 is 0 Å². The molecule has 0 unspecified atom stereocenters. The van der Waals surface area contributed by atoms with Crippen molar-refractivity contribution in [2.75, 3.05) is 7.11 Å². The van der Waals surface area contributed by atoms with Crippen LogP contribution in [0.4, 0.5) is 5.69 Å². The highest BCUT2D eigenvalue weighted by Crippen LogP contribution is 2.33. The number of ether oxygens (including phenoxy) is 2. The second kappa shape index (κ2) is 9.88. The van der Waals surface area contributed by atoms with Gasteiger partial charge in [0.15, 0.2) is 0 Å². The SMILES string of the molecule is COc1cc(C=NNC(=O)c2ccc(OCc3ccccc3)cc2)c(O)c([N+](=O)[O-])c1. The summed E-state index contributed by atoms with van der Waals surface area (Å²) in [5, 5.41) is 24.8. The van der Waals surface area contributed by atoms with Crippen molar-refractivity contribution in [2.45, 2.75) is 6.61 Å². The van der Waals surface area contributed by atoms with E-state index >= 15 is 0 Å². The Labute approximate surface area is 177 Å². The lowest BCUT2D eigenvalue weighted by Crippen LogP contribution is -2.17. The highest BCUT2D eigenvalue weighted by atomic mass is 16.6. The Morgan fingerprint density at radius 2 is 1.84 bits per heavy atom. The van der Waals surface area contributed by atoms with Gasteiger partial charge in [-0.05, 0) is 35.9 Å². The van der Waals surface area contributed by atoms with Crippen LogP contribution in [-0.2, 0) is 6.61 Å². The third kappa shape index (κ3) is 5.57. The molecular weight excluding hydrogens is 402 g/mol. The van der Waals surface area contributed by atoms with Crippen molar-refractivity contribution in [3.05, 3.63) is 93.5 Å². The molecule has 158 valence electrons. The van der Waals surface area contributed by atoms with Crippen LogP contribution in [0.1, 0.15) is 21.5 Å². The summed E-state index contributed by atoms with van der Waals surface area (Å²) < 4.78 is 10.7. The highest BCUT2D eigenvalue weighted by Gasteiger charge is 2.18. The van der Waals surface area contributed by atoms with E-state index < -0.39 is 22.3 Å². The Kier molecular flexibility index (Phi) is 6.79. The Morgan fingerprint density at radius 1 is 1.13 bits per heavy atom. The van der Waals surface area contributed by atoms with E-state index in [1.54, 1.807) is 24.3 Å². The molecule has 2 N–H and O–H groups in total. The number of hydrazone groups is 1. The number of hydrogen-bond donors (Lipinski definition) is 2. The van der Waals surface area contributed by atoms with Gasteiger partial charge in [0, 0.05) is 11.1 Å².